The fourth-order valence-electron chi connectivity index (χ4n) is 2.92. The topological polar surface area (TPSA) is 38.7 Å². The highest BCUT2D eigenvalue weighted by atomic mass is 19.1. The Morgan fingerprint density at radius 1 is 0.920 bits per heavy atom. The Labute approximate surface area is 145 Å². The van der Waals surface area contributed by atoms with Crippen molar-refractivity contribution < 1.29 is 4.39 Å². The van der Waals surface area contributed by atoms with E-state index in [1.807, 2.05) is 18.2 Å². The third kappa shape index (κ3) is 3.24. The van der Waals surface area contributed by atoms with E-state index in [9.17, 15) is 4.39 Å². The fourth-order valence-corrected chi connectivity index (χ4v) is 2.92. The van der Waals surface area contributed by atoms with E-state index in [1.54, 1.807) is 18.5 Å². The van der Waals surface area contributed by atoms with Crippen molar-refractivity contribution in [1.29, 1.82) is 0 Å². The molecule has 0 spiro atoms. The van der Waals surface area contributed by atoms with Gasteiger partial charge in [0.25, 0.3) is 0 Å². The van der Waals surface area contributed by atoms with Crippen LogP contribution in [-0.4, -0.2) is 15.0 Å². The number of hydrogen-bond acceptors (Lipinski definition) is 3. The van der Waals surface area contributed by atoms with Gasteiger partial charge in [0.15, 0.2) is 0 Å². The lowest BCUT2D eigenvalue weighted by atomic mass is 10.1. The standard InChI is InChI=1S/C21H16FN3/c1-14-3-2-4-15(11-14)12-20-21-19(23-13-24-20)10-9-18(25-21)16-5-7-17(22)8-6-16/h2-11,13H,12H2,1H3. The average Bonchev–Trinajstić information content (AvgIpc) is 2.62. The van der Waals surface area contributed by atoms with Crippen molar-refractivity contribution >= 4 is 11.0 Å². The van der Waals surface area contributed by atoms with Crippen LogP contribution in [0.25, 0.3) is 22.3 Å². The lowest BCUT2D eigenvalue weighted by Gasteiger charge is -2.07. The fraction of sp³-hybridized carbons (Fsp3) is 0.0952. The summed E-state index contributed by atoms with van der Waals surface area (Å²) in [4.78, 5) is 13.5. The van der Waals surface area contributed by atoms with Crippen LogP contribution in [0.2, 0.25) is 0 Å². The second kappa shape index (κ2) is 6.40. The molecule has 0 amide bonds. The number of fused-ring (bicyclic) bond motifs is 1. The minimum atomic E-state index is -0.256. The van der Waals surface area contributed by atoms with Crippen LogP contribution >= 0.6 is 0 Å². The zero-order valence-corrected chi connectivity index (χ0v) is 13.8. The van der Waals surface area contributed by atoms with Gasteiger partial charge in [-0.25, -0.2) is 19.3 Å². The van der Waals surface area contributed by atoms with Crippen molar-refractivity contribution in [2.75, 3.05) is 0 Å². The maximum absolute atomic E-state index is 13.2. The van der Waals surface area contributed by atoms with Crippen molar-refractivity contribution in [2.24, 2.45) is 0 Å². The van der Waals surface area contributed by atoms with Gasteiger partial charge in [-0.3, -0.25) is 0 Å². The van der Waals surface area contributed by atoms with Crippen molar-refractivity contribution in [3.8, 4) is 11.3 Å². The molecule has 0 unspecified atom stereocenters. The van der Waals surface area contributed by atoms with Crippen LogP contribution in [0.15, 0.2) is 67.0 Å². The molecule has 0 saturated heterocycles. The zero-order valence-electron chi connectivity index (χ0n) is 13.8. The summed E-state index contributed by atoms with van der Waals surface area (Å²) < 4.78 is 13.2. The molecule has 0 saturated carbocycles. The molecule has 0 bridgehead atoms. The van der Waals surface area contributed by atoms with E-state index in [4.69, 9.17) is 4.98 Å². The van der Waals surface area contributed by atoms with Crippen LogP contribution in [0, 0.1) is 12.7 Å². The van der Waals surface area contributed by atoms with Gasteiger partial charge < -0.3 is 0 Å². The van der Waals surface area contributed by atoms with Crippen LogP contribution in [0.3, 0.4) is 0 Å². The molecule has 3 nitrogen and oxygen atoms in total. The van der Waals surface area contributed by atoms with Crippen molar-refractivity contribution in [2.45, 2.75) is 13.3 Å². The van der Waals surface area contributed by atoms with Crippen LogP contribution < -0.4 is 0 Å². The number of benzene rings is 2. The number of rotatable bonds is 3. The molecule has 4 heteroatoms. The summed E-state index contributed by atoms with van der Waals surface area (Å²) >= 11 is 0. The van der Waals surface area contributed by atoms with Crippen molar-refractivity contribution in [3.63, 3.8) is 0 Å². The molecular formula is C21H16FN3. The minimum Gasteiger partial charge on any atom is -0.244 e. The summed E-state index contributed by atoms with van der Waals surface area (Å²) in [5.41, 5.74) is 6.54. The molecule has 2 heterocycles. The van der Waals surface area contributed by atoms with Gasteiger partial charge >= 0.3 is 0 Å². The second-order valence-corrected chi connectivity index (χ2v) is 6.06. The molecular weight excluding hydrogens is 313 g/mol. The van der Waals surface area contributed by atoms with E-state index < -0.39 is 0 Å². The molecule has 25 heavy (non-hydrogen) atoms. The molecule has 0 aliphatic heterocycles. The molecule has 2 aromatic carbocycles. The molecule has 4 rings (SSSR count). The summed E-state index contributed by atoms with van der Waals surface area (Å²) in [6, 6.07) is 18.5. The maximum atomic E-state index is 13.2. The molecule has 4 aromatic rings. The minimum absolute atomic E-state index is 0.256. The molecule has 122 valence electrons. The Morgan fingerprint density at radius 2 is 1.76 bits per heavy atom. The number of aryl methyl sites for hydroxylation is 1. The van der Waals surface area contributed by atoms with Crippen LogP contribution in [-0.2, 0) is 6.42 Å². The number of aromatic nitrogens is 3. The summed E-state index contributed by atoms with van der Waals surface area (Å²) in [6.45, 7) is 2.08. The van der Waals surface area contributed by atoms with E-state index in [1.165, 1.54) is 23.3 Å². The van der Waals surface area contributed by atoms with Gasteiger partial charge in [-0.05, 0) is 48.9 Å². The Balaban J connectivity index is 1.79. The lowest BCUT2D eigenvalue weighted by molar-refractivity contribution is 0.628. The van der Waals surface area contributed by atoms with Crippen LogP contribution in [0.4, 0.5) is 4.39 Å². The van der Waals surface area contributed by atoms with Gasteiger partial charge in [-0.15, -0.1) is 0 Å². The van der Waals surface area contributed by atoms with E-state index in [2.05, 4.69) is 35.1 Å². The average molecular weight is 329 g/mol. The Bertz CT molecular complexity index is 1040. The van der Waals surface area contributed by atoms with E-state index in [0.29, 0.717) is 6.42 Å². The highest BCUT2D eigenvalue weighted by Crippen LogP contribution is 2.23. The van der Waals surface area contributed by atoms with E-state index in [-0.39, 0.29) is 5.82 Å². The van der Waals surface area contributed by atoms with Gasteiger partial charge in [0.1, 0.15) is 17.7 Å². The smallest absolute Gasteiger partial charge is 0.123 e. The van der Waals surface area contributed by atoms with Gasteiger partial charge in [0, 0.05) is 12.0 Å². The normalized spacial score (nSPS) is 11.0. The third-order valence-electron chi connectivity index (χ3n) is 4.15. The highest BCUT2D eigenvalue weighted by molar-refractivity contribution is 5.80. The maximum Gasteiger partial charge on any atom is 0.123 e. The molecule has 0 N–H and O–H groups in total. The molecule has 0 aliphatic carbocycles. The first-order valence-electron chi connectivity index (χ1n) is 8.11. The first-order chi connectivity index (χ1) is 12.2. The zero-order chi connectivity index (χ0) is 17.2. The van der Waals surface area contributed by atoms with Gasteiger partial charge in [-0.1, -0.05) is 29.8 Å². The Kier molecular flexibility index (Phi) is 3.94. The number of nitrogens with zero attached hydrogens (tertiary/aromatic N) is 3. The number of halogens is 1. The SMILES string of the molecule is Cc1cccc(Cc2ncnc3ccc(-c4ccc(F)cc4)nc23)c1. The van der Waals surface area contributed by atoms with Gasteiger partial charge in [0.2, 0.25) is 0 Å². The number of hydrogen-bond donors (Lipinski definition) is 0. The molecule has 0 radical (unpaired) electrons. The Morgan fingerprint density at radius 3 is 2.56 bits per heavy atom. The predicted octanol–water partition coefficient (Wildman–Crippen LogP) is 4.73. The highest BCUT2D eigenvalue weighted by Gasteiger charge is 2.09. The molecule has 0 atom stereocenters. The molecule has 0 aliphatic rings. The summed E-state index contributed by atoms with van der Waals surface area (Å²) in [6.07, 6.45) is 2.27. The quantitative estimate of drug-likeness (QED) is 0.545. The van der Waals surface area contributed by atoms with Crippen LogP contribution in [0.1, 0.15) is 16.8 Å². The Hall–Kier alpha value is -3.14. The van der Waals surface area contributed by atoms with E-state index >= 15 is 0 Å². The first-order valence-corrected chi connectivity index (χ1v) is 8.11. The predicted molar refractivity (Wildman–Crippen MR) is 96.7 cm³/mol. The summed E-state index contributed by atoms with van der Waals surface area (Å²) in [5.74, 6) is -0.256. The monoisotopic (exact) mass is 329 g/mol. The summed E-state index contributed by atoms with van der Waals surface area (Å²) in [5, 5.41) is 0. The van der Waals surface area contributed by atoms with Gasteiger partial charge in [0.05, 0.1) is 16.9 Å². The molecule has 0 fully saturated rings. The van der Waals surface area contributed by atoms with Gasteiger partial charge in [-0.2, -0.15) is 0 Å². The summed E-state index contributed by atoms with van der Waals surface area (Å²) in [7, 11) is 0. The lowest BCUT2D eigenvalue weighted by Crippen LogP contribution is -1.98. The number of pyridine rings is 1. The van der Waals surface area contributed by atoms with Crippen molar-refractivity contribution in [1.82, 2.24) is 15.0 Å². The molecule has 2 aromatic heterocycles. The van der Waals surface area contributed by atoms with E-state index in [0.717, 1.165) is 28.0 Å². The largest absolute Gasteiger partial charge is 0.244 e. The van der Waals surface area contributed by atoms with Crippen molar-refractivity contribution in [3.05, 3.63) is 89.6 Å². The first kappa shape index (κ1) is 15.4. The second-order valence-electron chi connectivity index (χ2n) is 6.06. The third-order valence-corrected chi connectivity index (χ3v) is 4.15. The van der Waals surface area contributed by atoms with Crippen LogP contribution in [0.5, 0.6) is 0 Å².